The molecule has 0 radical (unpaired) electrons. The Kier molecular flexibility index (Phi) is 2.81. The molecule has 0 aromatic heterocycles. The van der Waals surface area contributed by atoms with Gasteiger partial charge in [-0.1, -0.05) is 6.08 Å². The van der Waals surface area contributed by atoms with Crippen LogP contribution in [0.5, 0.6) is 0 Å². The van der Waals surface area contributed by atoms with Crippen molar-refractivity contribution in [1.82, 2.24) is 0 Å². The van der Waals surface area contributed by atoms with Crippen LogP contribution in [-0.4, -0.2) is 28.9 Å². The van der Waals surface area contributed by atoms with E-state index < -0.39 is 23.8 Å². The highest BCUT2D eigenvalue weighted by Gasteiger charge is 2.30. The second-order valence-electron chi connectivity index (χ2n) is 2.68. The number of hydrogen-bond acceptors (Lipinski definition) is 4. The van der Waals surface area contributed by atoms with Gasteiger partial charge < -0.3 is 9.84 Å². The van der Waals surface area contributed by atoms with E-state index in [0.717, 1.165) is 6.92 Å². The number of ketones is 1. The van der Waals surface area contributed by atoms with Crippen molar-refractivity contribution >= 4 is 17.7 Å². The molecule has 1 N–H and O–H groups in total. The van der Waals surface area contributed by atoms with Crippen molar-refractivity contribution in [2.24, 2.45) is 0 Å². The van der Waals surface area contributed by atoms with Gasteiger partial charge in [0.05, 0.1) is 5.57 Å². The lowest BCUT2D eigenvalue weighted by molar-refractivity contribution is -0.151. The minimum Gasteiger partial charge on any atom is -0.478 e. The molecule has 1 atom stereocenters. The minimum atomic E-state index is -1.31. The molecule has 0 spiro atoms. The first-order valence-corrected chi connectivity index (χ1v) is 3.85. The quantitative estimate of drug-likeness (QED) is 0.632. The monoisotopic (exact) mass is 196 g/mol. The summed E-state index contributed by atoms with van der Waals surface area (Å²) in [5.41, 5.74) is -0.229. The Labute approximate surface area is 79.7 Å². The lowest BCUT2D eigenvalue weighted by atomic mass is 10.0. The van der Waals surface area contributed by atoms with Gasteiger partial charge in [0.1, 0.15) is 0 Å². The molecule has 0 saturated heterocycles. The van der Waals surface area contributed by atoms with Crippen molar-refractivity contribution in [1.29, 1.82) is 0 Å². The van der Waals surface area contributed by atoms with Crippen molar-refractivity contribution < 1.29 is 24.2 Å². The van der Waals surface area contributed by atoms with Crippen LogP contribution in [0.4, 0.5) is 0 Å². The number of esters is 1. The maximum absolute atomic E-state index is 11.2. The van der Waals surface area contributed by atoms with Crippen molar-refractivity contribution in [3.8, 4) is 0 Å². The van der Waals surface area contributed by atoms with E-state index >= 15 is 0 Å². The average Bonchev–Trinajstić information content (AvgIpc) is 2.07. The highest BCUT2D eigenvalue weighted by Crippen LogP contribution is 2.14. The molecule has 1 unspecified atom stereocenters. The van der Waals surface area contributed by atoms with E-state index in [1.807, 2.05) is 0 Å². The van der Waals surface area contributed by atoms with E-state index in [2.05, 4.69) is 4.74 Å². The van der Waals surface area contributed by atoms with Gasteiger partial charge in [-0.2, -0.15) is 0 Å². The Bertz CT molecular complexity index is 350. The van der Waals surface area contributed by atoms with Crippen LogP contribution in [0.15, 0.2) is 23.8 Å². The highest BCUT2D eigenvalue weighted by atomic mass is 16.5. The van der Waals surface area contributed by atoms with Gasteiger partial charge in [-0.3, -0.25) is 9.59 Å². The third-order valence-corrected chi connectivity index (χ3v) is 1.61. The zero-order valence-electron chi connectivity index (χ0n) is 7.39. The van der Waals surface area contributed by atoms with Gasteiger partial charge in [0.15, 0.2) is 6.10 Å². The molecule has 0 fully saturated rings. The van der Waals surface area contributed by atoms with Crippen LogP contribution in [0.1, 0.15) is 6.92 Å². The van der Waals surface area contributed by atoms with Gasteiger partial charge >= 0.3 is 11.9 Å². The Morgan fingerprint density at radius 2 is 2.14 bits per heavy atom. The topological polar surface area (TPSA) is 80.7 Å². The molecule has 1 aliphatic carbocycles. The Morgan fingerprint density at radius 3 is 2.64 bits per heavy atom. The standard InChI is InChI=1S/C9H8O5/c1-5(10)14-8-6(9(12)13)3-2-4-7(8)11/h2-4,8H,1H3,(H,12,13). The number of allylic oxidation sites excluding steroid dienone is 2. The molecule has 0 aromatic rings. The smallest absolute Gasteiger partial charge is 0.335 e. The maximum atomic E-state index is 11.2. The Balaban J connectivity index is 2.94. The molecule has 5 nitrogen and oxygen atoms in total. The zero-order chi connectivity index (χ0) is 10.7. The largest absolute Gasteiger partial charge is 0.478 e. The third kappa shape index (κ3) is 2.07. The summed E-state index contributed by atoms with van der Waals surface area (Å²) >= 11 is 0. The van der Waals surface area contributed by atoms with Gasteiger partial charge in [0.25, 0.3) is 0 Å². The first-order valence-electron chi connectivity index (χ1n) is 3.85. The van der Waals surface area contributed by atoms with Gasteiger partial charge in [0, 0.05) is 6.92 Å². The lowest BCUT2D eigenvalue weighted by Crippen LogP contribution is -2.32. The average molecular weight is 196 g/mol. The molecule has 0 aliphatic heterocycles. The second-order valence-corrected chi connectivity index (χ2v) is 2.68. The van der Waals surface area contributed by atoms with Crippen LogP contribution < -0.4 is 0 Å². The number of hydrogen-bond donors (Lipinski definition) is 1. The Hall–Kier alpha value is -1.91. The molecule has 14 heavy (non-hydrogen) atoms. The van der Waals surface area contributed by atoms with Crippen molar-refractivity contribution in [2.75, 3.05) is 0 Å². The van der Waals surface area contributed by atoms with Gasteiger partial charge in [-0.25, -0.2) is 4.79 Å². The number of carbonyl (C=O) groups is 3. The number of aliphatic carboxylic acids is 1. The SMILES string of the molecule is CC(=O)OC1C(=O)C=CC=C1C(=O)O. The first kappa shape index (κ1) is 10.2. The molecule has 0 heterocycles. The highest BCUT2D eigenvalue weighted by molar-refractivity contribution is 6.06. The van der Waals surface area contributed by atoms with E-state index in [4.69, 9.17) is 5.11 Å². The van der Waals surface area contributed by atoms with Crippen molar-refractivity contribution in [3.05, 3.63) is 23.8 Å². The molecule has 5 heteroatoms. The van der Waals surface area contributed by atoms with Crippen LogP contribution in [0.3, 0.4) is 0 Å². The summed E-state index contributed by atoms with van der Waals surface area (Å²) in [7, 11) is 0. The van der Waals surface area contributed by atoms with Crippen LogP contribution in [0.2, 0.25) is 0 Å². The predicted molar refractivity (Wildman–Crippen MR) is 45.4 cm³/mol. The molecular formula is C9H8O5. The normalized spacial score (nSPS) is 20.2. The predicted octanol–water partition coefficient (Wildman–Crippen LogP) is 0.0680. The number of carbonyl (C=O) groups excluding carboxylic acids is 2. The summed E-state index contributed by atoms with van der Waals surface area (Å²) in [6.45, 7) is 1.12. The lowest BCUT2D eigenvalue weighted by Gasteiger charge is -2.16. The summed E-state index contributed by atoms with van der Waals surface area (Å²) < 4.78 is 4.59. The van der Waals surface area contributed by atoms with Crippen molar-refractivity contribution in [3.63, 3.8) is 0 Å². The van der Waals surface area contributed by atoms with Crippen LogP contribution in [-0.2, 0) is 19.1 Å². The molecule has 1 aliphatic rings. The van der Waals surface area contributed by atoms with E-state index in [1.54, 1.807) is 0 Å². The molecular weight excluding hydrogens is 188 g/mol. The molecule has 0 saturated carbocycles. The van der Waals surface area contributed by atoms with E-state index in [-0.39, 0.29) is 5.57 Å². The fraction of sp³-hybridized carbons (Fsp3) is 0.222. The van der Waals surface area contributed by atoms with Crippen LogP contribution in [0, 0.1) is 0 Å². The summed E-state index contributed by atoms with van der Waals surface area (Å²) in [6, 6.07) is 0. The first-order chi connectivity index (χ1) is 6.52. The minimum absolute atomic E-state index is 0.229. The van der Waals surface area contributed by atoms with E-state index in [9.17, 15) is 14.4 Å². The van der Waals surface area contributed by atoms with Gasteiger partial charge in [-0.05, 0) is 12.2 Å². The molecule has 0 bridgehead atoms. The fourth-order valence-corrected chi connectivity index (χ4v) is 1.05. The van der Waals surface area contributed by atoms with Gasteiger partial charge in [-0.15, -0.1) is 0 Å². The van der Waals surface area contributed by atoms with Crippen LogP contribution in [0.25, 0.3) is 0 Å². The number of rotatable bonds is 2. The molecule has 0 amide bonds. The molecule has 0 aromatic carbocycles. The molecule has 1 rings (SSSR count). The third-order valence-electron chi connectivity index (χ3n) is 1.61. The number of carboxylic acids is 1. The van der Waals surface area contributed by atoms with E-state index in [0.29, 0.717) is 0 Å². The Morgan fingerprint density at radius 1 is 1.50 bits per heavy atom. The number of ether oxygens (including phenoxy) is 1. The van der Waals surface area contributed by atoms with Gasteiger partial charge in [0.2, 0.25) is 5.78 Å². The molecule has 74 valence electrons. The van der Waals surface area contributed by atoms with Crippen molar-refractivity contribution in [2.45, 2.75) is 13.0 Å². The zero-order valence-corrected chi connectivity index (χ0v) is 7.39. The van der Waals surface area contributed by atoms with Crippen LogP contribution >= 0.6 is 0 Å². The fourth-order valence-electron chi connectivity index (χ4n) is 1.05. The summed E-state index contributed by atoms with van der Waals surface area (Å²) in [4.78, 5) is 32.4. The second kappa shape index (κ2) is 3.87. The summed E-state index contributed by atoms with van der Waals surface area (Å²) in [5, 5.41) is 8.69. The number of carboxylic acid groups (broad SMARTS) is 1. The summed E-state index contributed by atoms with van der Waals surface area (Å²) in [5.74, 6) is -2.50. The summed E-state index contributed by atoms with van der Waals surface area (Å²) in [6.07, 6.45) is 2.40. The van der Waals surface area contributed by atoms with E-state index in [1.165, 1.54) is 18.2 Å². The maximum Gasteiger partial charge on any atom is 0.335 e.